The summed E-state index contributed by atoms with van der Waals surface area (Å²) in [6.07, 6.45) is 5.63. The number of rotatable bonds is 6. The Bertz CT molecular complexity index is 916. The lowest BCUT2D eigenvalue weighted by Gasteiger charge is -2.36. The number of nitrogens with zero attached hydrogens (tertiary/aromatic N) is 3. The molecule has 0 bridgehead atoms. The summed E-state index contributed by atoms with van der Waals surface area (Å²) in [6.45, 7) is 4.22. The van der Waals surface area contributed by atoms with Gasteiger partial charge in [-0.3, -0.25) is 9.78 Å². The first-order valence-corrected chi connectivity index (χ1v) is 10.5. The molecule has 6 heteroatoms. The van der Waals surface area contributed by atoms with Crippen LogP contribution in [-0.2, 0) is 0 Å². The van der Waals surface area contributed by atoms with Crippen molar-refractivity contribution in [2.75, 3.05) is 19.1 Å². The second-order valence-corrected chi connectivity index (χ2v) is 8.22. The van der Waals surface area contributed by atoms with E-state index in [-0.39, 0.29) is 13.4 Å². The minimum absolute atomic E-state index is 0. The van der Waals surface area contributed by atoms with Crippen molar-refractivity contribution >= 4 is 11.6 Å². The molecule has 6 nitrogen and oxygen atoms in total. The lowest BCUT2D eigenvalue weighted by atomic mass is 9.90. The average Bonchev–Trinajstić information content (AvgIpc) is 2.78. The van der Waals surface area contributed by atoms with Crippen LogP contribution in [0.25, 0.3) is 0 Å². The Hall–Kier alpha value is -3.07. The number of carbonyl (C=O) groups excluding carboxylic acids is 1. The maximum absolute atomic E-state index is 12.5. The molecule has 3 rings (SSSR count). The minimum Gasteiger partial charge on any atom is -0.495 e. The van der Waals surface area contributed by atoms with Crippen molar-refractivity contribution < 1.29 is 11.0 Å². The number of anilines is 1. The fraction of sp³-hybridized carbons (Fsp3) is 0.458. The molecule has 1 aliphatic rings. The lowest BCUT2D eigenvalue weighted by molar-refractivity contribution is 0.0920. The number of aromatic nitrogens is 1. The van der Waals surface area contributed by atoms with Crippen LogP contribution >= 0.6 is 0 Å². The van der Waals surface area contributed by atoms with Crippen LogP contribution in [0.15, 0.2) is 36.5 Å². The summed E-state index contributed by atoms with van der Waals surface area (Å²) in [4.78, 5) is 19.1. The molecular formula is C24H32N4O2. The van der Waals surface area contributed by atoms with Gasteiger partial charge in [-0.25, -0.2) is 0 Å². The van der Waals surface area contributed by atoms with Crippen molar-refractivity contribution in [1.82, 2.24) is 10.3 Å². The molecule has 1 fully saturated rings. The van der Waals surface area contributed by atoms with Gasteiger partial charge in [-0.1, -0.05) is 19.9 Å². The Morgan fingerprint density at radius 3 is 2.57 bits per heavy atom. The first kappa shape index (κ1) is 21.6. The van der Waals surface area contributed by atoms with Crippen molar-refractivity contribution in [2.45, 2.75) is 57.5 Å². The largest absolute Gasteiger partial charge is 0.495 e. The fourth-order valence-corrected chi connectivity index (χ4v) is 3.95. The van der Waals surface area contributed by atoms with Crippen LogP contribution in [-0.4, -0.2) is 37.1 Å². The fourth-order valence-electron chi connectivity index (χ4n) is 3.95. The second-order valence-electron chi connectivity index (χ2n) is 8.22. The molecule has 0 spiro atoms. The van der Waals surface area contributed by atoms with E-state index < -0.39 is 0 Å². The number of carbonyl (C=O) groups is 1. The molecule has 1 saturated carbocycles. The van der Waals surface area contributed by atoms with Gasteiger partial charge in [0.25, 0.3) is 5.91 Å². The SMILES string of the molecule is COc1cc(N(C)C2CCC(NC(=O)c3ccc(C(C)C)cn3)CC2)ccc1C#N.[HH]. The maximum Gasteiger partial charge on any atom is 0.270 e. The van der Waals surface area contributed by atoms with Gasteiger partial charge in [0, 0.05) is 38.5 Å². The maximum atomic E-state index is 12.5. The number of benzene rings is 1. The number of pyridine rings is 1. The highest BCUT2D eigenvalue weighted by atomic mass is 16.5. The molecule has 0 radical (unpaired) electrons. The van der Waals surface area contributed by atoms with Crippen molar-refractivity contribution in [2.24, 2.45) is 0 Å². The van der Waals surface area contributed by atoms with Gasteiger partial charge >= 0.3 is 0 Å². The van der Waals surface area contributed by atoms with Gasteiger partial charge in [-0.2, -0.15) is 5.26 Å². The van der Waals surface area contributed by atoms with Gasteiger partial charge < -0.3 is 15.0 Å². The Balaban J connectivity index is 0.00000341. The van der Waals surface area contributed by atoms with Crippen LogP contribution in [0.4, 0.5) is 5.69 Å². The summed E-state index contributed by atoms with van der Waals surface area (Å²) in [5.74, 6) is 0.899. The van der Waals surface area contributed by atoms with E-state index in [1.165, 1.54) is 0 Å². The van der Waals surface area contributed by atoms with Gasteiger partial charge in [0.05, 0.1) is 12.7 Å². The molecule has 0 aliphatic heterocycles. The van der Waals surface area contributed by atoms with Crippen LogP contribution in [0.2, 0.25) is 0 Å². The Labute approximate surface area is 180 Å². The second kappa shape index (κ2) is 9.62. The number of methoxy groups -OCH3 is 1. The van der Waals surface area contributed by atoms with Gasteiger partial charge in [0.2, 0.25) is 0 Å². The third-order valence-electron chi connectivity index (χ3n) is 5.98. The predicted octanol–water partition coefficient (Wildman–Crippen LogP) is 4.51. The number of hydrogen-bond acceptors (Lipinski definition) is 5. The Morgan fingerprint density at radius 1 is 1.27 bits per heavy atom. The number of nitrogens with one attached hydrogen (secondary N) is 1. The highest BCUT2D eigenvalue weighted by molar-refractivity contribution is 5.92. The highest BCUT2D eigenvalue weighted by Gasteiger charge is 2.26. The summed E-state index contributed by atoms with van der Waals surface area (Å²) in [5, 5.41) is 12.3. The topological polar surface area (TPSA) is 78.2 Å². The van der Waals surface area contributed by atoms with Crippen molar-refractivity contribution in [3.8, 4) is 11.8 Å². The molecule has 1 aromatic carbocycles. The Morgan fingerprint density at radius 2 is 2.00 bits per heavy atom. The molecule has 1 aromatic heterocycles. The first-order valence-electron chi connectivity index (χ1n) is 10.5. The molecule has 0 atom stereocenters. The van der Waals surface area contributed by atoms with E-state index in [1.807, 2.05) is 24.3 Å². The summed E-state index contributed by atoms with van der Waals surface area (Å²) < 4.78 is 5.33. The molecule has 1 aliphatic carbocycles. The van der Waals surface area contributed by atoms with E-state index in [9.17, 15) is 4.79 Å². The monoisotopic (exact) mass is 408 g/mol. The summed E-state index contributed by atoms with van der Waals surface area (Å²) in [6, 6.07) is 12.2. The smallest absolute Gasteiger partial charge is 0.270 e. The van der Waals surface area contributed by atoms with Gasteiger partial charge in [-0.15, -0.1) is 0 Å². The van der Waals surface area contributed by atoms with E-state index in [4.69, 9.17) is 10.00 Å². The zero-order valence-corrected chi connectivity index (χ0v) is 18.2. The van der Waals surface area contributed by atoms with E-state index >= 15 is 0 Å². The lowest BCUT2D eigenvalue weighted by Crippen LogP contribution is -2.43. The molecular weight excluding hydrogens is 376 g/mol. The third kappa shape index (κ3) is 4.91. The van der Waals surface area contributed by atoms with Crippen LogP contribution in [0.1, 0.15) is 68.5 Å². The standard InChI is InChI=1S/C24H30N4O2.H2/c1-16(2)18-6-12-22(26-15-18)24(29)27-19-7-10-20(11-8-19)28(3)21-9-5-17(14-25)23(13-21)30-4;/h5-6,9,12-13,15-16,19-20H,7-8,10-11H2,1-4H3,(H,27,29);1H. The first-order chi connectivity index (χ1) is 14.4. The molecule has 160 valence electrons. The van der Waals surface area contributed by atoms with E-state index in [2.05, 4.69) is 42.2 Å². The molecule has 0 saturated heterocycles. The third-order valence-corrected chi connectivity index (χ3v) is 5.98. The van der Waals surface area contributed by atoms with Gasteiger partial charge in [0.15, 0.2) is 0 Å². The molecule has 2 aromatic rings. The van der Waals surface area contributed by atoms with Crippen molar-refractivity contribution in [1.29, 1.82) is 5.26 Å². The normalized spacial score (nSPS) is 18.5. The number of ether oxygens (including phenoxy) is 1. The number of nitriles is 1. The molecule has 1 amide bonds. The summed E-state index contributed by atoms with van der Waals surface area (Å²) >= 11 is 0. The van der Waals surface area contributed by atoms with Crippen molar-refractivity contribution in [3.05, 3.63) is 53.3 Å². The number of hydrogen-bond donors (Lipinski definition) is 1. The van der Waals surface area contributed by atoms with E-state index in [0.717, 1.165) is 36.9 Å². The van der Waals surface area contributed by atoms with Gasteiger partial charge in [-0.05, 0) is 55.4 Å². The number of amides is 1. The van der Waals surface area contributed by atoms with E-state index in [0.29, 0.717) is 29.0 Å². The van der Waals surface area contributed by atoms with Gasteiger partial charge in [0.1, 0.15) is 17.5 Å². The van der Waals surface area contributed by atoms with Crippen molar-refractivity contribution in [3.63, 3.8) is 0 Å². The van der Waals surface area contributed by atoms with E-state index in [1.54, 1.807) is 19.4 Å². The quantitative estimate of drug-likeness (QED) is 0.761. The highest BCUT2D eigenvalue weighted by Crippen LogP contribution is 2.30. The Kier molecular flexibility index (Phi) is 6.94. The van der Waals surface area contributed by atoms with Crippen LogP contribution in [0, 0.1) is 11.3 Å². The zero-order valence-electron chi connectivity index (χ0n) is 18.2. The molecule has 0 unspecified atom stereocenters. The summed E-state index contributed by atoms with van der Waals surface area (Å²) in [7, 11) is 3.66. The summed E-state index contributed by atoms with van der Waals surface area (Å²) in [5.41, 5.74) is 3.18. The molecule has 1 N–H and O–H groups in total. The van der Waals surface area contributed by atoms with Crippen LogP contribution in [0.5, 0.6) is 5.75 Å². The zero-order chi connectivity index (χ0) is 21.7. The minimum atomic E-state index is -0.0982. The molecule has 1 heterocycles. The molecule has 30 heavy (non-hydrogen) atoms. The van der Waals surface area contributed by atoms with Crippen LogP contribution < -0.4 is 15.0 Å². The average molecular weight is 409 g/mol. The predicted molar refractivity (Wildman–Crippen MR) is 120 cm³/mol. The van der Waals surface area contributed by atoms with Crippen LogP contribution in [0.3, 0.4) is 0 Å².